The first-order valence-corrected chi connectivity index (χ1v) is 5.12. The van der Waals surface area contributed by atoms with Crippen LogP contribution < -0.4 is 0 Å². The third-order valence-electron chi connectivity index (χ3n) is 0.911. The van der Waals surface area contributed by atoms with Gasteiger partial charge in [0.15, 0.2) is 0 Å². The third-order valence-corrected chi connectivity index (χ3v) is 1.52. The van der Waals surface area contributed by atoms with E-state index in [-0.39, 0.29) is 21.5 Å². The first kappa shape index (κ1) is 10.5. The van der Waals surface area contributed by atoms with Crippen LogP contribution in [0.15, 0.2) is 11.8 Å². The average Bonchev–Trinajstić information content (AvgIpc) is 1.87. The van der Waals surface area contributed by atoms with Crippen molar-refractivity contribution in [1.29, 1.82) is 0 Å². The molecule has 0 aromatic heterocycles. The molecule has 0 aliphatic rings. The molecular formula is C7H12AlO3. The monoisotopic (exact) mass is 171 g/mol. The highest BCUT2D eigenvalue weighted by molar-refractivity contribution is 6.25. The van der Waals surface area contributed by atoms with E-state index in [4.69, 9.17) is 3.79 Å². The second-order valence-corrected chi connectivity index (χ2v) is 2.57. The maximum atomic E-state index is 10.8. The van der Waals surface area contributed by atoms with Gasteiger partial charge in [-0.05, 0) is 13.8 Å². The predicted molar refractivity (Wildman–Crippen MR) is 43.1 cm³/mol. The van der Waals surface area contributed by atoms with E-state index in [0.717, 1.165) is 0 Å². The Hall–Kier alpha value is -0.458. The van der Waals surface area contributed by atoms with Gasteiger partial charge in [-0.3, -0.25) is 0 Å². The van der Waals surface area contributed by atoms with Gasteiger partial charge >= 0.3 is 21.5 Å². The van der Waals surface area contributed by atoms with Crippen molar-refractivity contribution in [2.24, 2.45) is 0 Å². The molecule has 4 heteroatoms. The molecular weight excluding hydrogens is 159 g/mol. The molecule has 0 saturated heterocycles. The third kappa shape index (κ3) is 5.96. The summed E-state index contributed by atoms with van der Waals surface area (Å²) in [7, 11) is 0. The molecule has 0 aromatic rings. The van der Waals surface area contributed by atoms with E-state index in [9.17, 15) is 4.79 Å². The fourth-order valence-electron chi connectivity index (χ4n) is 0.570. The van der Waals surface area contributed by atoms with Crippen LogP contribution in [-0.2, 0) is 13.3 Å². The van der Waals surface area contributed by atoms with Gasteiger partial charge in [-0.2, -0.15) is 0 Å². The number of allylic oxidation sites excluding steroid dienone is 1. The molecule has 0 aliphatic heterocycles. The Morgan fingerprint density at radius 2 is 2.27 bits per heavy atom. The van der Waals surface area contributed by atoms with Crippen LogP contribution in [0.1, 0.15) is 13.8 Å². The van der Waals surface area contributed by atoms with Crippen molar-refractivity contribution in [2.75, 3.05) is 6.61 Å². The number of carbonyl (C=O) groups excluding carboxylic acids is 1. The molecule has 0 unspecified atom stereocenters. The van der Waals surface area contributed by atoms with Crippen molar-refractivity contribution in [3.8, 4) is 0 Å². The molecule has 3 nitrogen and oxygen atoms in total. The van der Waals surface area contributed by atoms with Crippen molar-refractivity contribution in [3.63, 3.8) is 0 Å². The molecule has 11 heavy (non-hydrogen) atoms. The Labute approximate surface area is 73.4 Å². The number of carbonyl (C=O) groups is 1. The molecule has 0 N–H and O–H groups in total. The first-order valence-electron chi connectivity index (χ1n) is 3.50. The summed E-state index contributed by atoms with van der Waals surface area (Å²) in [6, 6.07) is 0. The maximum Gasteiger partial charge on any atom is 0.519 e. The summed E-state index contributed by atoms with van der Waals surface area (Å²) in [4.78, 5) is 10.8. The molecule has 0 rings (SSSR count). The van der Waals surface area contributed by atoms with Gasteiger partial charge in [0.2, 0.25) is 0 Å². The highest BCUT2D eigenvalue weighted by Crippen LogP contribution is 1.94. The summed E-state index contributed by atoms with van der Waals surface area (Å²) in [5.74, 6) is 2.24. The van der Waals surface area contributed by atoms with E-state index in [2.05, 4.69) is 4.74 Å². The molecule has 0 spiro atoms. The minimum Gasteiger partial charge on any atom is -0.651 e. The van der Waals surface area contributed by atoms with Crippen LogP contribution in [0, 0.1) is 0 Å². The van der Waals surface area contributed by atoms with Crippen LogP contribution in [0.25, 0.3) is 0 Å². The summed E-state index contributed by atoms with van der Waals surface area (Å²) in [6.45, 7) is 3.92. The van der Waals surface area contributed by atoms with Crippen LogP contribution in [0.3, 0.4) is 0 Å². The lowest BCUT2D eigenvalue weighted by atomic mass is 10.5. The van der Waals surface area contributed by atoms with Crippen LogP contribution in [0.4, 0.5) is 0 Å². The number of hydrogen-bond acceptors (Lipinski definition) is 3. The molecule has 0 fully saturated rings. The lowest BCUT2D eigenvalue weighted by Gasteiger charge is -2.02. The van der Waals surface area contributed by atoms with Gasteiger partial charge in [-0.25, -0.2) is 4.79 Å². The lowest BCUT2D eigenvalue weighted by Crippen LogP contribution is -2.02. The average molecular weight is 171 g/mol. The molecule has 0 amide bonds. The summed E-state index contributed by atoms with van der Waals surface area (Å²) >= 11 is -0.0514. The Morgan fingerprint density at radius 3 is 2.73 bits per heavy atom. The first-order chi connectivity index (χ1) is 5.20. The molecule has 0 bridgehead atoms. The molecule has 1 radical (unpaired) electrons. The SMILES string of the molecule is CCOC(=O)C=C(C)[O][Al][CH3]. The molecule has 0 heterocycles. The van der Waals surface area contributed by atoms with Crippen molar-refractivity contribution >= 4 is 21.5 Å². The van der Waals surface area contributed by atoms with E-state index >= 15 is 0 Å². The molecule has 0 aromatic carbocycles. The van der Waals surface area contributed by atoms with Crippen molar-refractivity contribution in [3.05, 3.63) is 11.8 Å². The fraction of sp³-hybridized carbons (Fsp3) is 0.571. The fourth-order valence-corrected chi connectivity index (χ4v) is 1.01. The van der Waals surface area contributed by atoms with E-state index < -0.39 is 0 Å². The Kier molecular flexibility index (Phi) is 6.00. The van der Waals surface area contributed by atoms with Crippen LogP contribution in [-0.4, -0.2) is 28.1 Å². The van der Waals surface area contributed by atoms with Gasteiger partial charge in [-0.15, -0.1) is 0 Å². The number of ether oxygens (including phenoxy) is 1. The maximum absolute atomic E-state index is 10.8. The van der Waals surface area contributed by atoms with E-state index in [1.54, 1.807) is 13.8 Å². The standard InChI is InChI=1S/C6H10O3.CH3.Al/c1-3-9-6(8)4-5(2)7;;/h4,7H,3H2,1-2H3;1H3;/q;;+1/p-1. The zero-order chi connectivity index (χ0) is 8.69. The van der Waals surface area contributed by atoms with Gasteiger partial charge in [0.1, 0.15) is 0 Å². The number of rotatable bonds is 4. The highest BCUT2D eigenvalue weighted by atomic mass is 27.1. The van der Waals surface area contributed by atoms with Gasteiger partial charge in [0.25, 0.3) is 0 Å². The Morgan fingerprint density at radius 1 is 1.64 bits per heavy atom. The van der Waals surface area contributed by atoms with Crippen molar-refractivity contribution in [1.82, 2.24) is 0 Å². The van der Waals surface area contributed by atoms with Crippen molar-refractivity contribution < 1.29 is 13.3 Å². The Bertz CT molecular complexity index is 154. The molecule has 0 saturated carbocycles. The van der Waals surface area contributed by atoms with Crippen LogP contribution in [0.2, 0.25) is 5.79 Å². The smallest absolute Gasteiger partial charge is 0.519 e. The zero-order valence-corrected chi connectivity index (χ0v) is 8.24. The summed E-state index contributed by atoms with van der Waals surface area (Å²) in [5, 5.41) is 0. The van der Waals surface area contributed by atoms with E-state index in [1.165, 1.54) is 6.08 Å². The molecule has 0 atom stereocenters. The topological polar surface area (TPSA) is 35.5 Å². The van der Waals surface area contributed by atoms with E-state index in [1.807, 2.05) is 5.79 Å². The minimum atomic E-state index is -0.335. The lowest BCUT2D eigenvalue weighted by molar-refractivity contribution is -0.137. The molecule has 0 aliphatic carbocycles. The summed E-state index contributed by atoms with van der Waals surface area (Å²) in [6.07, 6.45) is 1.36. The quantitative estimate of drug-likeness (QED) is 0.275. The van der Waals surface area contributed by atoms with Gasteiger partial charge < -0.3 is 8.53 Å². The largest absolute Gasteiger partial charge is 0.651 e. The summed E-state index contributed by atoms with van der Waals surface area (Å²) in [5.41, 5.74) is 0. The number of hydrogen-bond donors (Lipinski definition) is 0. The second-order valence-electron chi connectivity index (χ2n) is 1.86. The van der Waals surface area contributed by atoms with Crippen LogP contribution in [0.5, 0.6) is 0 Å². The summed E-state index contributed by atoms with van der Waals surface area (Å²) < 4.78 is 9.78. The van der Waals surface area contributed by atoms with E-state index in [0.29, 0.717) is 12.4 Å². The highest BCUT2D eigenvalue weighted by Gasteiger charge is 1.97. The predicted octanol–water partition coefficient (Wildman–Crippen LogP) is 1.14. The zero-order valence-electron chi connectivity index (χ0n) is 7.09. The Balaban J connectivity index is 3.76. The molecule has 61 valence electrons. The van der Waals surface area contributed by atoms with Gasteiger partial charge in [-0.1, -0.05) is 5.79 Å². The van der Waals surface area contributed by atoms with Gasteiger partial charge in [0, 0.05) is 0 Å². The van der Waals surface area contributed by atoms with Crippen LogP contribution >= 0.6 is 0 Å². The van der Waals surface area contributed by atoms with Gasteiger partial charge in [0.05, 0.1) is 18.4 Å². The van der Waals surface area contributed by atoms with Crippen molar-refractivity contribution in [2.45, 2.75) is 19.6 Å². The normalized spacial score (nSPS) is 10.6. The second kappa shape index (κ2) is 6.27. The minimum absolute atomic E-state index is 0.0514. The number of esters is 1.